The van der Waals surface area contributed by atoms with E-state index in [9.17, 15) is 5.11 Å². The van der Waals surface area contributed by atoms with Crippen LogP contribution in [0.15, 0.2) is 22.7 Å². The first-order valence-electron chi connectivity index (χ1n) is 5.87. The van der Waals surface area contributed by atoms with Gasteiger partial charge in [0.1, 0.15) is 5.75 Å². The average Bonchev–Trinajstić information content (AvgIpc) is 2.37. The standard InChI is InChI=1S/C13H20BrNO3/c1-17-9-11(16)5-6-15-8-10-7-12(18-2)3-4-13(10)14/h3-4,7,11,15-16H,5-6,8-9H2,1-2H3. The largest absolute Gasteiger partial charge is 0.497 e. The molecule has 0 saturated carbocycles. The van der Waals surface area contributed by atoms with Gasteiger partial charge in [0.2, 0.25) is 0 Å². The van der Waals surface area contributed by atoms with Crippen LogP contribution in [0.2, 0.25) is 0 Å². The van der Waals surface area contributed by atoms with Crippen LogP contribution in [0.1, 0.15) is 12.0 Å². The van der Waals surface area contributed by atoms with Crippen molar-refractivity contribution in [2.75, 3.05) is 27.4 Å². The van der Waals surface area contributed by atoms with E-state index in [2.05, 4.69) is 21.2 Å². The Balaban J connectivity index is 2.34. The number of benzene rings is 1. The highest BCUT2D eigenvalue weighted by atomic mass is 79.9. The van der Waals surface area contributed by atoms with E-state index in [1.165, 1.54) is 0 Å². The van der Waals surface area contributed by atoms with Crippen LogP contribution in [0.5, 0.6) is 5.75 Å². The van der Waals surface area contributed by atoms with Gasteiger partial charge in [0.15, 0.2) is 0 Å². The highest BCUT2D eigenvalue weighted by molar-refractivity contribution is 9.10. The molecule has 0 spiro atoms. The minimum Gasteiger partial charge on any atom is -0.497 e. The van der Waals surface area contributed by atoms with Gasteiger partial charge in [-0.1, -0.05) is 15.9 Å². The molecule has 1 aromatic carbocycles. The van der Waals surface area contributed by atoms with Crippen LogP contribution in [0.25, 0.3) is 0 Å². The van der Waals surface area contributed by atoms with E-state index in [0.717, 1.165) is 28.9 Å². The maximum atomic E-state index is 9.49. The van der Waals surface area contributed by atoms with Crippen LogP contribution in [0.4, 0.5) is 0 Å². The molecular formula is C13H20BrNO3. The first kappa shape index (κ1) is 15.4. The molecule has 0 heterocycles. The van der Waals surface area contributed by atoms with Crippen molar-refractivity contribution in [1.29, 1.82) is 0 Å². The number of ether oxygens (including phenoxy) is 2. The zero-order chi connectivity index (χ0) is 13.4. The summed E-state index contributed by atoms with van der Waals surface area (Å²) in [6, 6.07) is 5.87. The van der Waals surface area contributed by atoms with Crippen molar-refractivity contribution in [3.05, 3.63) is 28.2 Å². The number of hydrogen-bond donors (Lipinski definition) is 2. The predicted molar refractivity (Wildman–Crippen MR) is 74.9 cm³/mol. The quantitative estimate of drug-likeness (QED) is 0.719. The van der Waals surface area contributed by atoms with E-state index in [0.29, 0.717) is 13.0 Å². The Labute approximate surface area is 116 Å². The molecule has 1 rings (SSSR count). The van der Waals surface area contributed by atoms with Gasteiger partial charge in [-0.05, 0) is 36.7 Å². The highest BCUT2D eigenvalue weighted by Gasteiger charge is 2.04. The van der Waals surface area contributed by atoms with Crippen LogP contribution < -0.4 is 10.1 Å². The monoisotopic (exact) mass is 317 g/mol. The van der Waals surface area contributed by atoms with E-state index in [-0.39, 0.29) is 0 Å². The van der Waals surface area contributed by atoms with Gasteiger partial charge in [-0.15, -0.1) is 0 Å². The normalized spacial score (nSPS) is 12.4. The summed E-state index contributed by atoms with van der Waals surface area (Å²) in [4.78, 5) is 0. The first-order chi connectivity index (χ1) is 8.67. The molecule has 18 heavy (non-hydrogen) atoms. The van der Waals surface area contributed by atoms with Gasteiger partial charge in [0.05, 0.1) is 19.8 Å². The summed E-state index contributed by atoms with van der Waals surface area (Å²) < 4.78 is 11.1. The summed E-state index contributed by atoms with van der Waals surface area (Å²) in [6.45, 7) is 1.86. The SMILES string of the molecule is COCC(O)CCNCc1cc(OC)ccc1Br. The fourth-order valence-electron chi connectivity index (χ4n) is 1.58. The fraction of sp³-hybridized carbons (Fsp3) is 0.538. The van der Waals surface area contributed by atoms with Gasteiger partial charge in [0.25, 0.3) is 0 Å². The van der Waals surface area contributed by atoms with Crippen molar-refractivity contribution < 1.29 is 14.6 Å². The van der Waals surface area contributed by atoms with Crippen molar-refractivity contribution in [2.24, 2.45) is 0 Å². The average molecular weight is 318 g/mol. The topological polar surface area (TPSA) is 50.7 Å². The van der Waals surface area contributed by atoms with E-state index < -0.39 is 6.10 Å². The van der Waals surface area contributed by atoms with E-state index in [1.807, 2.05) is 18.2 Å². The molecule has 0 saturated heterocycles. The lowest BCUT2D eigenvalue weighted by Crippen LogP contribution is -2.23. The number of aliphatic hydroxyl groups is 1. The predicted octanol–water partition coefficient (Wildman–Crippen LogP) is 1.94. The van der Waals surface area contributed by atoms with Crippen LogP contribution in [0.3, 0.4) is 0 Å². The van der Waals surface area contributed by atoms with Crippen LogP contribution in [0, 0.1) is 0 Å². The second-order valence-electron chi connectivity index (χ2n) is 4.03. The Kier molecular flexibility index (Phi) is 7.27. The van der Waals surface area contributed by atoms with Crippen molar-refractivity contribution in [1.82, 2.24) is 5.32 Å². The number of methoxy groups -OCH3 is 2. The molecule has 0 aliphatic rings. The molecule has 0 fully saturated rings. The third kappa shape index (κ3) is 5.35. The van der Waals surface area contributed by atoms with Gasteiger partial charge in [-0.25, -0.2) is 0 Å². The molecule has 0 amide bonds. The van der Waals surface area contributed by atoms with E-state index in [4.69, 9.17) is 9.47 Å². The van der Waals surface area contributed by atoms with Crippen molar-refractivity contribution >= 4 is 15.9 Å². The Hall–Kier alpha value is -0.620. The Morgan fingerprint density at radius 1 is 1.39 bits per heavy atom. The van der Waals surface area contributed by atoms with Crippen molar-refractivity contribution in [2.45, 2.75) is 19.1 Å². The molecule has 102 valence electrons. The summed E-state index contributed by atoms with van der Waals surface area (Å²) in [5, 5.41) is 12.8. The maximum Gasteiger partial charge on any atom is 0.119 e. The Bertz CT molecular complexity index is 360. The second kappa shape index (κ2) is 8.48. The minimum absolute atomic E-state index is 0.379. The van der Waals surface area contributed by atoms with Gasteiger partial charge in [-0.2, -0.15) is 0 Å². The fourth-order valence-corrected chi connectivity index (χ4v) is 1.97. The summed E-state index contributed by atoms with van der Waals surface area (Å²) in [7, 11) is 3.24. The molecule has 0 aromatic heterocycles. The van der Waals surface area contributed by atoms with E-state index in [1.54, 1.807) is 14.2 Å². The maximum absolute atomic E-state index is 9.49. The molecule has 0 aliphatic carbocycles. The zero-order valence-electron chi connectivity index (χ0n) is 10.8. The van der Waals surface area contributed by atoms with E-state index >= 15 is 0 Å². The van der Waals surface area contributed by atoms with Gasteiger partial charge in [-0.3, -0.25) is 0 Å². The highest BCUT2D eigenvalue weighted by Crippen LogP contribution is 2.22. The lowest BCUT2D eigenvalue weighted by Gasteiger charge is -2.11. The molecule has 5 heteroatoms. The summed E-state index contributed by atoms with van der Waals surface area (Å²) >= 11 is 3.50. The number of aliphatic hydroxyl groups excluding tert-OH is 1. The number of hydrogen-bond acceptors (Lipinski definition) is 4. The molecule has 1 unspecified atom stereocenters. The lowest BCUT2D eigenvalue weighted by atomic mass is 10.2. The van der Waals surface area contributed by atoms with Crippen LogP contribution in [-0.2, 0) is 11.3 Å². The third-order valence-corrected chi connectivity index (χ3v) is 3.36. The molecule has 1 atom stereocenters. The van der Waals surface area contributed by atoms with Crippen LogP contribution >= 0.6 is 15.9 Å². The first-order valence-corrected chi connectivity index (χ1v) is 6.66. The molecule has 4 nitrogen and oxygen atoms in total. The third-order valence-electron chi connectivity index (χ3n) is 2.58. The van der Waals surface area contributed by atoms with Gasteiger partial charge >= 0.3 is 0 Å². The second-order valence-corrected chi connectivity index (χ2v) is 4.89. The zero-order valence-corrected chi connectivity index (χ0v) is 12.4. The lowest BCUT2D eigenvalue weighted by molar-refractivity contribution is 0.0594. The van der Waals surface area contributed by atoms with Crippen molar-refractivity contribution in [3.8, 4) is 5.75 Å². The molecule has 1 aromatic rings. The van der Waals surface area contributed by atoms with Crippen LogP contribution in [-0.4, -0.2) is 38.6 Å². The van der Waals surface area contributed by atoms with Crippen molar-refractivity contribution in [3.63, 3.8) is 0 Å². The number of rotatable bonds is 8. The number of nitrogens with one attached hydrogen (secondary N) is 1. The minimum atomic E-state index is -0.406. The smallest absolute Gasteiger partial charge is 0.119 e. The summed E-state index contributed by atoms with van der Waals surface area (Å²) in [5.74, 6) is 0.842. The summed E-state index contributed by atoms with van der Waals surface area (Å²) in [5.41, 5.74) is 1.13. The molecule has 0 radical (unpaired) electrons. The Morgan fingerprint density at radius 2 is 2.17 bits per heavy atom. The number of halogens is 1. The molecule has 0 aliphatic heterocycles. The molecule has 0 bridgehead atoms. The van der Waals surface area contributed by atoms with Gasteiger partial charge < -0.3 is 19.9 Å². The molecule has 2 N–H and O–H groups in total. The Morgan fingerprint density at radius 3 is 2.83 bits per heavy atom. The molecular weight excluding hydrogens is 298 g/mol. The summed E-state index contributed by atoms with van der Waals surface area (Å²) in [6.07, 6.45) is 0.270. The van der Waals surface area contributed by atoms with Gasteiger partial charge in [0, 0.05) is 18.1 Å².